The number of imidazole rings is 1. The Labute approximate surface area is 209 Å². The first-order valence-corrected chi connectivity index (χ1v) is 13.4. The van der Waals surface area contributed by atoms with Crippen LogP contribution in [0.2, 0.25) is 0 Å². The molecule has 0 saturated carbocycles. The minimum atomic E-state index is -3.88. The van der Waals surface area contributed by atoms with E-state index in [0.717, 1.165) is 29.6 Å². The van der Waals surface area contributed by atoms with Gasteiger partial charge in [-0.1, -0.05) is 12.1 Å². The zero-order chi connectivity index (χ0) is 25.9. The van der Waals surface area contributed by atoms with Crippen LogP contribution in [0.25, 0.3) is 11.0 Å². The van der Waals surface area contributed by atoms with Crippen molar-refractivity contribution in [2.75, 3.05) is 37.7 Å². The average molecular weight is 523 g/mol. The fourth-order valence-electron chi connectivity index (χ4n) is 4.41. The molecule has 11 heteroatoms. The molecule has 4 rings (SSSR count). The molecule has 0 atom stereocenters. The van der Waals surface area contributed by atoms with E-state index in [1.165, 1.54) is 25.2 Å². The van der Waals surface area contributed by atoms with Crippen LogP contribution in [0.15, 0.2) is 47.4 Å². The van der Waals surface area contributed by atoms with Crippen molar-refractivity contribution >= 4 is 26.7 Å². The highest BCUT2D eigenvalue weighted by atomic mass is 32.2. The second kappa shape index (κ2) is 10.8. The quantitative estimate of drug-likeness (QED) is 0.396. The smallest absolute Gasteiger partial charge is 0.302 e. The number of rotatable bonds is 10. The summed E-state index contributed by atoms with van der Waals surface area (Å²) in [6.45, 7) is 3.44. The van der Waals surface area contributed by atoms with Gasteiger partial charge in [0.15, 0.2) is 5.82 Å². The average Bonchev–Trinajstić information content (AvgIpc) is 3.23. The monoisotopic (exact) mass is 522 g/mol. The molecule has 196 valence electrons. The minimum Gasteiger partial charge on any atom is -0.395 e. The van der Waals surface area contributed by atoms with Gasteiger partial charge in [0.25, 0.3) is 10.0 Å². The molecule has 2 heterocycles. The topological polar surface area (TPSA) is 96.7 Å². The van der Waals surface area contributed by atoms with Gasteiger partial charge in [-0.3, -0.25) is 4.31 Å². The molecule has 1 saturated heterocycles. The van der Waals surface area contributed by atoms with Gasteiger partial charge in [0, 0.05) is 46.8 Å². The predicted molar refractivity (Wildman–Crippen MR) is 134 cm³/mol. The van der Waals surface area contributed by atoms with Gasteiger partial charge in [-0.2, -0.15) is 8.78 Å². The second-order valence-electron chi connectivity index (χ2n) is 9.18. The fourth-order valence-corrected chi connectivity index (χ4v) is 5.60. The third-order valence-electron chi connectivity index (χ3n) is 6.47. The number of hydrogen-bond acceptors (Lipinski definition) is 6. The largest absolute Gasteiger partial charge is 0.395 e. The summed E-state index contributed by atoms with van der Waals surface area (Å²) >= 11 is 0. The van der Waals surface area contributed by atoms with Crippen LogP contribution >= 0.6 is 0 Å². The van der Waals surface area contributed by atoms with Crippen LogP contribution in [-0.4, -0.2) is 56.5 Å². The van der Waals surface area contributed by atoms with Gasteiger partial charge < -0.3 is 19.7 Å². The third-order valence-corrected chi connectivity index (χ3v) is 8.27. The van der Waals surface area contributed by atoms with Gasteiger partial charge in [0.1, 0.15) is 0 Å². The number of ether oxygens (including phenoxy) is 1. The molecule has 0 spiro atoms. The SMILES string of the molecule is CN(c1ccc2c(c1)nc(C(C)(F)F)n2CC1CCOCC1)S(=O)(=O)c1ccc(CNCCO)cc1. The molecular weight excluding hydrogens is 490 g/mol. The molecule has 0 aliphatic carbocycles. The van der Waals surface area contributed by atoms with Crippen LogP contribution in [0.1, 0.15) is 31.2 Å². The lowest BCUT2D eigenvalue weighted by Crippen LogP contribution is -2.26. The molecule has 0 unspecified atom stereocenters. The van der Waals surface area contributed by atoms with Crippen LogP contribution in [0.4, 0.5) is 14.5 Å². The van der Waals surface area contributed by atoms with Crippen molar-refractivity contribution in [3.8, 4) is 0 Å². The van der Waals surface area contributed by atoms with Gasteiger partial charge in [-0.25, -0.2) is 13.4 Å². The lowest BCUT2D eigenvalue weighted by Gasteiger charge is -2.24. The first-order chi connectivity index (χ1) is 17.1. The molecule has 1 aliphatic heterocycles. The highest BCUT2D eigenvalue weighted by molar-refractivity contribution is 7.92. The van der Waals surface area contributed by atoms with Crippen molar-refractivity contribution in [2.24, 2.45) is 5.92 Å². The van der Waals surface area contributed by atoms with Gasteiger partial charge in [-0.15, -0.1) is 0 Å². The molecule has 0 bridgehead atoms. The summed E-state index contributed by atoms with van der Waals surface area (Å²) < 4.78 is 63.6. The van der Waals surface area contributed by atoms with Crippen molar-refractivity contribution in [1.82, 2.24) is 14.9 Å². The van der Waals surface area contributed by atoms with Gasteiger partial charge in [0.2, 0.25) is 0 Å². The summed E-state index contributed by atoms with van der Waals surface area (Å²) in [5, 5.41) is 11.9. The Morgan fingerprint density at radius 2 is 1.89 bits per heavy atom. The second-order valence-corrected chi connectivity index (χ2v) is 11.1. The molecule has 8 nitrogen and oxygen atoms in total. The number of aromatic nitrogens is 2. The number of fused-ring (bicyclic) bond motifs is 1. The van der Waals surface area contributed by atoms with E-state index >= 15 is 0 Å². The van der Waals surface area contributed by atoms with Gasteiger partial charge in [0.05, 0.1) is 28.2 Å². The van der Waals surface area contributed by atoms with E-state index in [9.17, 15) is 17.2 Å². The maximum Gasteiger partial charge on any atom is 0.302 e. The Hall–Kier alpha value is -2.60. The summed E-state index contributed by atoms with van der Waals surface area (Å²) in [4.78, 5) is 4.34. The summed E-state index contributed by atoms with van der Waals surface area (Å²) in [6.07, 6.45) is 1.59. The Balaban J connectivity index is 1.62. The molecule has 36 heavy (non-hydrogen) atoms. The Morgan fingerprint density at radius 1 is 1.19 bits per heavy atom. The first-order valence-electron chi connectivity index (χ1n) is 12.0. The van der Waals surface area contributed by atoms with Crippen LogP contribution < -0.4 is 9.62 Å². The van der Waals surface area contributed by atoms with E-state index in [1.54, 1.807) is 28.8 Å². The highest BCUT2D eigenvalue weighted by Gasteiger charge is 2.33. The number of halogens is 2. The van der Waals surface area contributed by atoms with E-state index in [-0.39, 0.29) is 23.2 Å². The number of alkyl halides is 2. The maximum absolute atomic E-state index is 14.5. The Bertz CT molecular complexity index is 1280. The molecule has 1 aliphatic rings. The molecule has 2 aromatic carbocycles. The van der Waals surface area contributed by atoms with E-state index in [4.69, 9.17) is 9.84 Å². The molecule has 3 aromatic rings. The van der Waals surface area contributed by atoms with Crippen LogP contribution in [-0.2, 0) is 33.8 Å². The molecule has 1 aromatic heterocycles. The first kappa shape index (κ1) is 26.5. The molecule has 0 radical (unpaired) electrons. The van der Waals surface area contributed by atoms with E-state index in [0.29, 0.717) is 49.6 Å². The van der Waals surface area contributed by atoms with Gasteiger partial charge in [-0.05, 0) is 54.7 Å². The number of nitrogens with zero attached hydrogens (tertiary/aromatic N) is 3. The molecule has 1 fully saturated rings. The molecule has 0 amide bonds. The summed E-state index contributed by atoms with van der Waals surface area (Å²) in [7, 11) is -2.45. The maximum atomic E-state index is 14.5. The number of aliphatic hydroxyl groups is 1. The zero-order valence-electron chi connectivity index (χ0n) is 20.5. The lowest BCUT2D eigenvalue weighted by atomic mass is 10.00. The van der Waals surface area contributed by atoms with E-state index in [1.807, 2.05) is 0 Å². The van der Waals surface area contributed by atoms with E-state index < -0.39 is 15.9 Å². The highest BCUT2D eigenvalue weighted by Crippen LogP contribution is 2.34. The normalized spacial score (nSPS) is 15.5. The molecular formula is C25H32F2N4O4S. The van der Waals surface area contributed by atoms with Crippen molar-refractivity contribution in [3.05, 3.63) is 53.9 Å². The number of benzene rings is 2. The standard InChI is InChI=1S/C25H32F2N4O4S/c1-25(26,27)24-29-22-15-20(5-8-23(22)31(24)17-19-9-13-35-14-10-19)30(2)36(33,34)21-6-3-18(4-7-21)16-28-11-12-32/h3-8,15,19,28,32H,9-14,16-17H2,1-2H3. The Kier molecular flexibility index (Phi) is 7.93. The van der Waals surface area contributed by atoms with Crippen molar-refractivity contribution in [1.29, 1.82) is 0 Å². The Morgan fingerprint density at radius 3 is 2.53 bits per heavy atom. The van der Waals surface area contributed by atoms with Crippen molar-refractivity contribution in [3.63, 3.8) is 0 Å². The van der Waals surface area contributed by atoms with E-state index in [2.05, 4.69) is 10.3 Å². The zero-order valence-corrected chi connectivity index (χ0v) is 21.3. The summed E-state index contributed by atoms with van der Waals surface area (Å²) in [5.74, 6) is -3.25. The fraction of sp³-hybridized carbons (Fsp3) is 0.480. The van der Waals surface area contributed by atoms with Crippen molar-refractivity contribution < 1.29 is 27.0 Å². The summed E-state index contributed by atoms with van der Waals surface area (Å²) in [6, 6.07) is 11.3. The van der Waals surface area contributed by atoms with Gasteiger partial charge >= 0.3 is 5.92 Å². The summed E-state index contributed by atoms with van der Waals surface area (Å²) in [5.41, 5.74) is 2.09. The third kappa shape index (κ3) is 5.69. The predicted octanol–water partition coefficient (Wildman–Crippen LogP) is 3.48. The minimum absolute atomic E-state index is 0.0206. The lowest BCUT2D eigenvalue weighted by molar-refractivity contribution is 0.00222. The number of hydrogen-bond donors (Lipinski definition) is 2. The van der Waals surface area contributed by atoms with Crippen molar-refractivity contribution in [2.45, 2.75) is 43.7 Å². The number of anilines is 1. The number of aliphatic hydroxyl groups excluding tert-OH is 1. The molecule has 2 N–H and O–H groups in total. The van der Waals surface area contributed by atoms with Crippen LogP contribution in [0, 0.1) is 5.92 Å². The number of nitrogens with one attached hydrogen (secondary N) is 1. The van der Waals surface area contributed by atoms with Crippen LogP contribution in [0.3, 0.4) is 0 Å². The van der Waals surface area contributed by atoms with Crippen LogP contribution in [0.5, 0.6) is 0 Å². The number of sulfonamides is 1.